The fourth-order valence-electron chi connectivity index (χ4n) is 2.75. The van der Waals surface area contributed by atoms with Crippen LogP contribution < -0.4 is 0 Å². The predicted molar refractivity (Wildman–Crippen MR) is 80.7 cm³/mol. The Morgan fingerprint density at radius 3 is 2.70 bits per heavy atom. The first-order chi connectivity index (χ1) is 9.56. The maximum atomic E-state index is 9.39. The van der Waals surface area contributed by atoms with Crippen molar-refractivity contribution in [2.45, 2.75) is 52.7 Å². The highest BCUT2D eigenvalue weighted by molar-refractivity contribution is 5.28. The van der Waals surface area contributed by atoms with Gasteiger partial charge in [0, 0.05) is 30.7 Å². The minimum Gasteiger partial charge on any atom is -0.390 e. The quantitative estimate of drug-likeness (QED) is 0.881. The molecule has 20 heavy (non-hydrogen) atoms. The van der Waals surface area contributed by atoms with Crippen LogP contribution >= 0.6 is 0 Å². The molecule has 4 nitrogen and oxygen atoms in total. The summed E-state index contributed by atoms with van der Waals surface area (Å²) in [6.07, 6.45) is 6.39. The van der Waals surface area contributed by atoms with Crippen LogP contribution in [0.25, 0.3) is 0 Å². The lowest BCUT2D eigenvalue weighted by atomic mass is 10.0. The fourth-order valence-corrected chi connectivity index (χ4v) is 2.75. The van der Waals surface area contributed by atoms with Gasteiger partial charge >= 0.3 is 0 Å². The molecule has 0 atom stereocenters. The second-order valence-electron chi connectivity index (χ2n) is 5.68. The third-order valence-electron chi connectivity index (χ3n) is 3.71. The van der Waals surface area contributed by atoms with Gasteiger partial charge in [-0.25, -0.2) is 0 Å². The average Bonchev–Trinajstić information content (AvgIpc) is 2.95. The number of aliphatic hydroxyl groups excluding tert-OH is 1. The molecule has 0 spiro atoms. The molecule has 2 rings (SSSR count). The van der Waals surface area contributed by atoms with E-state index in [1.54, 1.807) is 4.68 Å². The van der Waals surface area contributed by atoms with Gasteiger partial charge in [0.1, 0.15) is 0 Å². The van der Waals surface area contributed by atoms with Crippen LogP contribution in [0.2, 0.25) is 0 Å². The number of aromatic nitrogens is 3. The fraction of sp³-hybridized carbons (Fsp3) is 0.562. The Morgan fingerprint density at radius 2 is 2.10 bits per heavy atom. The normalized spacial score (nSPS) is 11.5. The highest BCUT2D eigenvalue weighted by atomic mass is 16.3. The summed E-state index contributed by atoms with van der Waals surface area (Å²) in [4.78, 5) is 0. The molecule has 4 heteroatoms. The molecular formula is C16H25N3O. The van der Waals surface area contributed by atoms with E-state index in [2.05, 4.69) is 42.7 Å². The maximum Gasteiger partial charge on any atom is 0.0928 e. The van der Waals surface area contributed by atoms with Crippen LogP contribution in [-0.2, 0) is 26.6 Å². The van der Waals surface area contributed by atoms with E-state index in [0.717, 1.165) is 30.6 Å². The van der Waals surface area contributed by atoms with Crippen molar-refractivity contribution in [3.63, 3.8) is 0 Å². The smallest absolute Gasteiger partial charge is 0.0928 e. The lowest BCUT2D eigenvalue weighted by Gasteiger charge is -2.12. The number of hydrogen-bond acceptors (Lipinski definition) is 2. The summed E-state index contributed by atoms with van der Waals surface area (Å²) in [5.41, 5.74) is 4.71. The van der Waals surface area contributed by atoms with E-state index in [9.17, 15) is 5.11 Å². The Bertz CT molecular complexity index is 566. The van der Waals surface area contributed by atoms with Crippen molar-refractivity contribution in [1.82, 2.24) is 14.3 Å². The van der Waals surface area contributed by atoms with Crippen LogP contribution in [0.1, 0.15) is 55.6 Å². The zero-order valence-corrected chi connectivity index (χ0v) is 12.9. The number of aryl methyl sites for hydroxylation is 1. The van der Waals surface area contributed by atoms with E-state index in [4.69, 9.17) is 0 Å². The minimum absolute atomic E-state index is 0.00239. The zero-order chi connectivity index (χ0) is 14.7. The summed E-state index contributed by atoms with van der Waals surface area (Å²) in [5.74, 6) is 0.545. The molecule has 1 N–H and O–H groups in total. The molecule has 0 saturated carbocycles. The first-order valence-corrected chi connectivity index (χ1v) is 7.37. The van der Waals surface area contributed by atoms with Gasteiger partial charge in [-0.05, 0) is 24.0 Å². The summed E-state index contributed by atoms with van der Waals surface area (Å²) in [5, 5.41) is 13.7. The van der Waals surface area contributed by atoms with E-state index in [-0.39, 0.29) is 6.61 Å². The van der Waals surface area contributed by atoms with Gasteiger partial charge in [-0.2, -0.15) is 5.10 Å². The Balaban J connectivity index is 2.33. The molecule has 2 aromatic rings. The Hall–Kier alpha value is -1.55. The minimum atomic E-state index is -0.00239. The van der Waals surface area contributed by atoms with Crippen LogP contribution in [0.15, 0.2) is 18.5 Å². The number of hydrogen-bond donors (Lipinski definition) is 1. The SMILES string of the molecule is CCCc1c(C(C)C)ccn1Cc1cn(C)nc1CO. The van der Waals surface area contributed by atoms with Gasteiger partial charge in [0.25, 0.3) is 0 Å². The molecule has 0 amide bonds. The van der Waals surface area contributed by atoms with Crippen LogP contribution in [-0.4, -0.2) is 19.5 Å². The lowest BCUT2D eigenvalue weighted by Crippen LogP contribution is -2.06. The second kappa shape index (κ2) is 6.27. The molecule has 0 aliphatic heterocycles. The van der Waals surface area contributed by atoms with Gasteiger partial charge in [-0.1, -0.05) is 27.2 Å². The summed E-state index contributed by atoms with van der Waals surface area (Å²) in [6, 6.07) is 2.23. The molecule has 0 aromatic carbocycles. The third-order valence-corrected chi connectivity index (χ3v) is 3.71. The Morgan fingerprint density at radius 1 is 1.35 bits per heavy atom. The molecule has 0 unspecified atom stereocenters. The zero-order valence-electron chi connectivity index (χ0n) is 12.9. The highest BCUT2D eigenvalue weighted by Crippen LogP contribution is 2.23. The number of nitrogens with zero attached hydrogens (tertiary/aromatic N) is 3. The van der Waals surface area contributed by atoms with E-state index < -0.39 is 0 Å². The predicted octanol–water partition coefficient (Wildman–Crippen LogP) is 2.84. The Labute approximate surface area is 121 Å². The van der Waals surface area contributed by atoms with Crippen molar-refractivity contribution in [3.8, 4) is 0 Å². The van der Waals surface area contributed by atoms with Crippen LogP contribution in [0.3, 0.4) is 0 Å². The largest absolute Gasteiger partial charge is 0.390 e. The van der Waals surface area contributed by atoms with Crippen molar-refractivity contribution in [2.75, 3.05) is 0 Å². The van der Waals surface area contributed by atoms with Crippen LogP contribution in [0, 0.1) is 0 Å². The molecule has 0 fully saturated rings. The topological polar surface area (TPSA) is 43.0 Å². The summed E-state index contributed by atoms with van der Waals surface area (Å²) >= 11 is 0. The van der Waals surface area contributed by atoms with Crippen molar-refractivity contribution in [2.24, 2.45) is 7.05 Å². The molecule has 2 heterocycles. The molecule has 0 aliphatic carbocycles. The van der Waals surface area contributed by atoms with E-state index in [1.165, 1.54) is 11.3 Å². The third kappa shape index (κ3) is 2.96. The molecule has 0 bridgehead atoms. The number of aliphatic hydroxyl groups is 1. The lowest BCUT2D eigenvalue weighted by molar-refractivity contribution is 0.274. The van der Waals surface area contributed by atoms with Crippen molar-refractivity contribution in [3.05, 3.63) is 41.0 Å². The van der Waals surface area contributed by atoms with E-state index in [0.29, 0.717) is 5.92 Å². The van der Waals surface area contributed by atoms with E-state index in [1.807, 2.05) is 13.2 Å². The Kier molecular flexibility index (Phi) is 4.65. The van der Waals surface area contributed by atoms with Crippen molar-refractivity contribution < 1.29 is 5.11 Å². The average molecular weight is 275 g/mol. The van der Waals surface area contributed by atoms with Gasteiger partial charge < -0.3 is 9.67 Å². The molecular weight excluding hydrogens is 250 g/mol. The first-order valence-electron chi connectivity index (χ1n) is 7.37. The highest BCUT2D eigenvalue weighted by Gasteiger charge is 2.14. The number of rotatable bonds is 6. The van der Waals surface area contributed by atoms with Crippen molar-refractivity contribution in [1.29, 1.82) is 0 Å². The van der Waals surface area contributed by atoms with E-state index >= 15 is 0 Å². The molecule has 110 valence electrons. The summed E-state index contributed by atoms with van der Waals surface area (Å²) in [6.45, 7) is 7.47. The standard InChI is InChI=1S/C16H25N3O/c1-5-6-16-14(12(2)3)7-8-19(16)10-13-9-18(4)17-15(13)11-20/h7-9,12,20H,5-6,10-11H2,1-4H3. The maximum absolute atomic E-state index is 9.39. The molecule has 0 aliphatic rings. The second-order valence-corrected chi connectivity index (χ2v) is 5.68. The van der Waals surface area contributed by atoms with Gasteiger partial charge in [0.2, 0.25) is 0 Å². The van der Waals surface area contributed by atoms with Gasteiger partial charge in [0.15, 0.2) is 0 Å². The van der Waals surface area contributed by atoms with Gasteiger partial charge in [-0.15, -0.1) is 0 Å². The summed E-state index contributed by atoms with van der Waals surface area (Å²) < 4.78 is 4.07. The first kappa shape index (κ1) is 14.9. The molecule has 2 aromatic heterocycles. The molecule has 0 radical (unpaired) electrons. The monoisotopic (exact) mass is 275 g/mol. The van der Waals surface area contributed by atoms with Crippen LogP contribution in [0.4, 0.5) is 0 Å². The molecule has 0 saturated heterocycles. The van der Waals surface area contributed by atoms with Crippen LogP contribution in [0.5, 0.6) is 0 Å². The van der Waals surface area contributed by atoms with Gasteiger partial charge in [0.05, 0.1) is 18.8 Å². The summed E-state index contributed by atoms with van der Waals surface area (Å²) in [7, 11) is 1.89. The van der Waals surface area contributed by atoms with Crippen molar-refractivity contribution >= 4 is 0 Å². The van der Waals surface area contributed by atoms with Gasteiger partial charge in [-0.3, -0.25) is 4.68 Å².